The number of fused-ring (bicyclic) bond motifs is 1. The van der Waals surface area contributed by atoms with Gasteiger partial charge in [-0.3, -0.25) is 9.13 Å². The minimum absolute atomic E-state index is 0.0318. The van der Waals surface area contributed by atoms with E-state index in [0.29, 0.717) is 0 Å². The molecule has 5 heteroatoms. The highest BCUT2D eigenvalue weighted by molar-refractivity contribution is 5.76. The average Bonchev–Trinajstić information content (AvgIpc) is 2.87. The number of aryl methyl sites for hydroxylation is 2. The summed E-state index contributed by atoms with van der Waals surface area (Å²) in [5.74, 6) is 0. The first-order chi connectivity index (χ1) is 12.6. The first-order valence-corrected chi connectivity index (χ1v) is 10.2. The summed E-state index contributed by atoms with van der Waals surface area (Å²) in [4.78, 5) is 14.6. The third-order valence-corrected chi connectivity index (χ3v) is 5.15. The average molecular weight is 361 g/mol. The van der Waals surface area contributed by atoms with Crippen molar-refractivity contribution in [2.24, 2.45) is 14.1 Å². The highest BCUT2D eigenvalue weighted by atomic mass is 16.1. The van der Waals surface area contributed by atoms with Gasteiger partial charge in [-0.2, -0.15) is 0 Å². The predicted octanol–water partition coefficient (Wildman–Crippen LogP) is 3.26. The zero-order chi connectivity index (χ0) is 18.9. The van der Waals surface area contributed by atoms with Gasteiger partial charge in [0.1, 0.15) is 0 Å². The summed E-state index contributed by atoms with van der Waals surface area (Å²) >= 11 is 0. The SMILES string of the molecule is CCCCN(CCCC)CCCNCc1ccc2c(c1)n(C)c(=O)n2C. The fourth-order valence-electron chi connectivity index (χ4n) is 3.42. The molecule has 0 atom stereocenters. The molecule has 0 saturated heterocycles. The molecule has 1 heterocycles. The van der Waals surface area contributed by atoms with Crippen molar-refractivity contribution in [1.82, 2.24) is 19.4 Å². The number of hydrogen-bond acceptors (Lipinski definition) is 3. The van der Waals surface area contributed by atoms with Crippen molar-refractivity contribution in [3.05, 3.63) is 34.2 Å². The molecule has 1 aromatic heterocycles. The molecule has 0 aliphatic heterocycles. The Hall–Kier alpha value is -1.59. The molecule has 2 rings (SSSR count). The Morgan fingerprint density at radius 1 is 0.923 bits per heavy atom. The van der Waals surface area contributed by atoms with Crippen LogP contribution in [-0.2, 0) is 20.6 Å². The molecular weight excluding hydrogens is 324 g/mol. The van der Waals surface area contributed by atoms with Crippen LogP contribution in [0.15, 0.2) is 23.0 Å². The van der Waals surface area contributed by atoms with Gasteiger partial charge < -0.3 is 10.2 Å². The lowest BCUT2D eigenvalue weighted by Gasteiger charge is -2.22. The molecule has 5 nitrogen and oxygen atoms in total. The van der Waals surface area contributed by atoms with Crippen LogP contribution in [0.5, 0.6) is 0 Å². The van der Waals surface area contributed by atoms with Gasteiger partial charge in [0.05, 0.1) is 11.0 Å². The molecule has 0 spiro atoms. The van der Waals surface area contributed by atoms with Gasteiger partial charge in [-0.1, -0.05) is 32.8 Å². The number of rotatable bonds is 12. The second kappa shape index (κ2) is 10.5. The largest absolute Gasteiger partial charge is 0.328 e. The fraction of sp³-hybridized carbons (Fsp3) is 0.667. The van der Waals surface area contributed by atoms with Crippen molar-refractivity contribution in [2.45, 2.75) is 52.5 Å². The molecule has 0 aliphatic rings. The molecule has 0 bridgehead atoms. The van der Waals surface area contributed by atoms with Crippen LogP contribution >= 0.6 is 0 Å². The molecule has 0 radical (unpaired) electrons. The van der Waals surface area contributed by atoms with E-state index < -0.39 is 0 Å². The van der Waals surface area contributed by atoms with Crippen LogP contribution < -0.4 is 11.0 Å². The van der Waals surface area contributed by atoms with Gasteiger partial charge in [-0.25, -0.2) is 4.79 Å². The van der Waals surface area contributed by atoms with E-state index in [-0.39, 0.29) is 5.69 Å². The summed E-state index contributed by atoms with van der Waals surface area (Å²) in [6.45, 7) is 10.0. The standard InChI is InChI=1S/C21H36N4O/c1-5-7-13-25(14-8-6-2)15-9-12-22-17-18-10-11-19-20(16-18)24(4)21(26)23(19)3/h10-11,16,22H,5-9,12-15,17H2,1-4H3. The molecule has 0 amide bonds. The Bertz CT molecular complexity index is 723. The molecule has 1 aromatic carbocycles. The summed E-state index contributed by atoms with van der Waals surface area (Å²) in [5.41, 5.74) is 3.25. The summed E-state index contributed by atoms with van der Waals surface area (Å²) in [6, 6.07) is 6.28. The highest BCUT2D eigenvalue weighted by Gasteiger charge is 2.08. The van der Waals surface area contributed by atoms with E-state index in [2.05, 4.69) is 36.2 Å². The number of hydrogen-bond donors (Lipinski definition) is 1. The number of benzene rings is 1. The quantitative estimate of drug-likeness (QED) is 0.591. The van der Waals surface area contributed by atoms with Crippen molar-refractivity contribution in [1.29, 1.82) is 0 Å². The number of unbranched alkanes of at least 4 members (excludes halogenated alkanes) is 2. The minimum Gasteiger partial charge on any atom is -0.313 e. The summed E-state index contributed by atoms with van der Waals surface area (Å²) < 4.78 is 3.42. The number of nitrogens with one attached hydrogen (secondary N) is 1. The van der Waals surface area contributed by atoms with E-state index in [1.807, 2.05) is 20.2 Å². The van der Waals surface area contributed by atoms with E-state index >= 15 is 0 Å². The van der Waals surface area contributed by atoms with Crippen LogP contribution in [-0.4, -0.2) is 40.2 Å². The Kier molecular flexibility index (Phi) is 8.39. The third kappa shape index (κ3) is 5.45. The lowest BCUT2D eigenvalue weighted by molar-refractivity contribution is 0.261. The smallest absolute Gasteiger partial charge is 0.313 e. The third-order valence-electron chi connectivity index (χ3n) is 5.15. The van der Waals surface area contributed by atoms with Crippen LogP contribution in [0.2, 0.25) is 0 Å². The maximum Gasteiger partial charge on any atom is 0.328 e. The predicted molar refractivity (Wildman–Crippen MR) is 111 cm³/mol. The zero-order valence-corrected chi connectivity index (χ0v) is 17.1. The molecule has 2 aromatic rings. The Balaban J connectivity index is 1.79. The van der Waals surface area contributed by atoms with E-state index in [1.165, 1.54) is 57.3 Å². The first kappa shape index (κ1) is 20.7. The molecule has 26 heavy (non-hydrogen) atoms. The van der Waals surface area contributed by atoms with E-state index in [9.17, 15) is 4.79 Å². The lowest BCUT2D eigenvalue weighted by Crippen LogP contribution is -2.29. The molecule has 0 unspecified atom stereocenters. The van der Waals surface area contributed by atoms with Gasteiger partial charge in [-0.05, 0) is 63.1 Å². The maximum absolute atomic E-state index is 12.0. The van der Waals surface area contributed by atoms with Crippen molar-refractivity contribution in [2.75, 3.05) is 26.2 Å². The summed E-state index contributed by atoms with van der Waals surface area (Å²) in [5, 5.41) is 3.55. The monoisotopic (exact) mass is 360 g/mol. The second-order valence-electron chi connectivity index (χ2n) is 7.30. The van der Waals surface area contributed by atoms with Crippen LogP contribution in [0, 0.1) is 0 Å². The Labute approximate surface area is 158 Å². The topological polar surface area (TPSA) is 42.2 Å². The normalized spacial score (nSPS) is 11.7. The lowest BCUT2D eigenvalue weighted by atomic mass is 10.2. The summed E-state index contributed by atoms with van der Waals surface area (Å²) in [6.07, 6.45) is 6.32. The highest BCUT2D eigenvalue weighted by Crippen LogP contribution is 2.13. The van der Waals surface area contributed by atoms with Gasteiger partial charge in [0.2, 0.25) is 0 Å². The molecule has 0 aliphatic carbocycles. The van der Waals surface area contributed by atoms with Crippen molar-refractivity contribution < 1.29 is 0 Å². The summed E-state index contributed by atoms with van der Waals surface area (Å²) in [7, 11) is 3.66. The Morgan fingerprint density at radius 2 is 1.54 bits per heavy atom. The van der Waals surface area contributed by atoms with E-state index in [1.54, 1.807) is 9.13 Å². The number of aromatic nitrogens is 2. The van der Waals surface area contributed by atoms with Gasteiger partial charge in [0.15, 0.2) is 0 Å². The number of nitrogens with zero attached hydrogens (tertiary/aromatic N) is 3. The van der Waals surface area contributed by atoms with Crippen molar-refractivity contribution >= 4 is 11.0 Å². The number of imidazole rings is 1. The molecular formula is C21H36N4O. The van der Waals surface area contributed by atoms with E-state index in [4.69, 9.17) is 0 Å². The van der Waals surface area contributed by atoms with Crippen LogP contribution in [0.25, 0.3) is 11.0 Å². The van der Waals surface area contributed by atoms with Crippen molar-refractivity contribution in [3.8, 4) is 0 Å². The van der Waals surface area contributed by atoms with Crippen LogP contribution in [0.3, 0.4) is 0 Å². The van der Waals surface area contributed by atoms with Crippen LogP contribution in [0.4, 0.5) is 0 Å². The second-order valence-corrected chi connectivity index (χ2v) is 7.30. The molecule has 146 valence electrons. The van der Waals surface area contributed by atoms with Gasteiger partial charge in [-0.15, -0.1) is 0 Å². The van der Waals surface area contributed by atoms with Crippen LogP contribution in [0.1, 0.15) is 51.5 Å². The van der Waals surface area contributed by atoms with Gasteiger partial charge in [0.25, 0.3) is 0 Å². The van der Waals surface area contributed by atoms with E-state index in [0.717, 1.165) is 24.1 Å². The molecule has 0 fully saturated rings. The fourth-order valence-corrected chi connectivity index (χ4v) is 3.42. The Morgan fingerprint density at radius 3 is 2.19 bits per heavy atom. The zero-order valence-electron chi connectivity index (χ0n) is 17.1. The maximum atomic E-state index is 12.0. The van der Waals surface area contributed by atoms with Crippen molar-refractivity contribution in [3.63, 3.8) is 0 Å². The molecule has 0 saturated carbocycles. The van der Waals surface area contributed by atoms with Gasteiger partial charge >= 0.3 is 5.69 Å². The minimum atomic E-state index is 0.0318. The van der Waals surface area contributed by atoms with Gasteiger partial charge in [0, 0.05) is 20.6 Å². The molecule has 1 N–H and O–H groups in total. The first-order valence-electron chi connectivity index (χ1n) is 10.2.